The number of methoxy groups -OCH3 is 1. The van der Waals surface area contributed by atoms with E-state index in [-0.39, 0.29) is 27.8 Å². The number of hydrogen-bond acceptors (Lipinski definition) is 8. The number of carbonyl (C=O) groups is 1. The molecule has 43 heavy (non-hydrogen) atoms. The zero-order chi connectivity index (χ0) is 30.9. The molecule has 0 bridgehead atoms. The highest BCUT2D eigenvalue weighted by molar-refractivity contribution is 7.92. The zero-order valence-electron chi connectivity index (χ0n) is 23.0. The van der Waals surface area contributed by atoms with Crippen molar-refractivity contribution in [2.75, 3.05) is 31.2 Å². The Morgan fingerprint density at radius 2 is 1.81 bits per heavy atom. The lowest BCUT2D eigenvalue weighted by Gasteiger charge is -2.14. The van der Waals surface area contributed by atoms with Crippen LogP contribution < -0.4 is 14.8 Å². The Kier molecular flexibility index (Phi) is 8.26. The van der Waals surface area contributed by atoms with E-state index in [9.17, 15) is 17.6 Å². The minimum atomic E-state index is -4.45. The van der Waals surface area contributed by atoms with Gasteiger partial charge in [-0.1, -0.05) is 23.7 Å². The van der Waals surface area contributed by atoms with E-state index in [0.717, 1.165) is 30.3 Å². The van der Waals surface area contributed by atoms with Crippen molar-refractivity contribution in [3.8, 4) is 17.1 Å². The van der Waals surface area contributed by atoms with Gasteiger partial charge in [-0.3, -0.25) is 14.5 Å². The van der Waals surface area contributed by atoms with E-state index in [1.54, 1.807) is 12.1 Å². The Morgan fingerprint density at radius 3 is 2.51 bits per heavy atom. The van der Waals surface area contributed by atoms with Crippen molar-refractivity contribution in [1.29, 1.82) is 0 Å². The summed E-state index contributed by atoms with van der Waals surface area (Å²) in [6.45, 7) is 0.748. The zero-order valence-corrected chi connectivity index (χ0v) is 24.5. The van der Waals surface area contributed by atoms with Crippen LogP contribution in [0.1, 0.15) is 16.1 Å². The van der Waals surface area contributed by atoms with Gasteiger partial charge in [0, 0.05) is 24.6 Å². The Bertz CT molecular complexity index is 1950. The predicted octanol–water partition coefficient (Wildman–Crippen LogP) is 4.85. The summed E-state index contributed by atoms with van der Waals surface area (Å²) in [4.78, 5) is 26.6. The fourth-order valence-corrected chi connectivity index (χ4v) is 5.70. The molecule has 3 aromatic heterocycles. The number of imidazole rings is 1. The molecule has 2 aromatic carbocycles. The third-order valence-electron chi connectivity index (χ3n) is 6.20. The highest BCUT2D eigenvalue weighted by Gasteiger charge is 2.26. The first-order chi connectivity index (χ1) is 20.5. The molecule has 0 spiro atoms. The van der Waals surface area contributed by atoms with E-state index in [2.05, 4.69) is 25.0 Å². The second kappa shape index (κ2) is 11.9. The number of nitrogens with one attached hydrogen (secondary N) is 2. The summed E-state index contributed by atoms with van der Waals surface area (Å²) in [5.41, 5.74) is 0.633. The number of amides is 1. The topological polar surface area (TPSA) is 131 Å². The van der Waals surface area contributed by atoms with Crippen LogP contribution in [0.5, 0.6) is 5.88 Å². The molecule has 0 fully saturated rings. The van der Waals surface area contributed by atoms with Gasteiger partial charge in [0.1, 0.15) is 12.1 Å². The summed E-state index contributed by atoms with van der Waals surface area (Å²) >= 11 is 5.89. The van der Waals surface area contributed by atoms with Crippen LogP contribution >= 0.6 is 11.6 Å². The summed E-state index contributed by atoms with van der Waals surface area (Å²) < 4.78 is 65.1. The molecule has 5 rings (SSSR count). The largest absolute Gasteiger partial charge is 0.480 e. The van der Waals surface area contributed by atoms with Crippen LogP contribution in [0.25, 0.3) is 16.8 Å². The highest BCUT2D eigenvalue weighted by Crippen LogP contribution is 2.33. The third kappa shape index (κ3) is 6.26. The van der Waals surface area contributed by atoms with E-state index in [4.69, 9.17) is 16.3 Å². The number of ether oxygens (including phenoxy) is 1. The normalized spacial score (nSPS) is 11.6. The molecule has 3 heterocycles. The van der Waals surface area contributed by atoms with Crippen molar-refractivity contribution < 1.29 is 26.7 Å². The maximum atomic E-state index is 15.6. The molecule has 0 atom stereocenters. The van der Waals surface area contributed by atoms with E-state index < -0.39 is 43.7 Å². The van der Waals surface area contributed by atoms with E-state index >= 15 is 4.39 Å². The summed E-state index contributed by atoms with van der Waals surface area (Å²) in [6.07, 6.45) is 5.01. The monoisotopic (exact) mass is 627 g/mol. The Hall–Kier alpha value is -4.66. The summed E-state index contributed by atoms with van der Waals surface area (Å²) in [5, 5.41) is 2.78. The van der Waals surface area contributed by atoms with Gasteiger partial charge in [0.2, 0.25) is 5.88 Å². The van der Waals surface area contributed by atoms with Gasteiger partial charge >= 0.3 is 0 Å². The summed E-state index contributed by atoms with van der Waals surface area (Å²) in [6, 6.07) is 10.3. The molecule has 0 saturated carbocycles. The van der Waals surface area contributed by atoms with Gasteiger partial charge in [-0.05, 0) is 50.0 Å². The number of pyridine rings is 1. The second-order valence-electron chi connectivity index (χ2n) is 9.60. The molecule has 5 aromatic rings. The molecule has 0 aliphatic rings. The number of fused-ring (bicyclic) bond motifs is 1. The van der Waals surface area contributed by atoms with E-state index in [0.29, 0.717) is 5.69 Å². The van der Waals surface area contributed by atoms with Gasteiger partial charge in [-0.2, -0.15) is 0 Å². The molecule has 0 saturated heterocycles. The van der Waals surface area contributed by atoms with E-state index in [1.807, 2.05) is 31.1 Å². The first-order valence-electron chi connectivity index (χ1n) is 12.6. The average Bonchev–Trinajstić information content (AvgIpc) is 3.39. The van der Waals surface area contributed by atoms with Crippen LogP contribution in [0.15, 0.2) is 72.3 Å². The number of nitrogens with zero attached hydrogens (tertiary/aromatic N) is 5. The van der Waals surface area contributed by atoms with Gasteiger partial charge < -0.3 is 19.4 Å². The number of carbonyl (C=O) groups excluding carboxylic acids is 1. The number of aromatic nitrogens is 4. The lowest BCUT2D eigenvalue weighted by molar-refractivity contribution is 0.102. The van der Waals surface area contributed by atoms with Gasteiger partial charge in [-0.25, -0.2) is 27.2 Å². The van der Waals surface area contributed by atoms with Crippen LogP contribution in [0.4, 0.5) is 20.2 Å². The molecule has 0 radical (unpaired) electrons. The first kappa shape index (κ1) is 29.8. The Labute approximate surface area is 250 Å². The molecule has 15 heteroatoms. The lowest BCUT2D eigenvalue weighted by Crippen LogP contribution is -2.16. The Balaban J connectivity index is 1.42. The molecule has 0 unspecified atom stereocenters. The number of rotatable bonds is 9. The van der Waals surface area contributed by atoms with Crippen molar-refractivity contribution in [2.45, 2.75) is 11.4 Å². The van der Waals surface area contributed by atoms with Gasteiger partial charge in [-0.15, -0.1) is 0 Å². The number of hydrogen-bond donors (Lipinski definition) is 2. The van der Waals surface area contributed by atoms with Gasteiger partial charge in [0.05, 0.1) is 40.8 Å². The predicted molar refractivity (Wildman–Crippen MR) is 157 cm³/mol. The lowest BCUT2D eigenvalue weighted by atomic mass is 10.1. The highest BCUT2D eigenvalue weighted by atomic mass is 35.5. The van der Waals surface area contributed by atoms with Crippen molar-refractivity contribution in [1.82, 2.24) is 24.3 Å². The molecular weight excluding hydrogens is 604 g/mol. The average molecular weight is 628 g/mol. The molecule has 2 N–H and O–H groups in total. The van der Waals surface area contributed by atoms with Crippen LogP contribution in [0, 0.1) is 11.6 Å². The second-order valence-corrected chi connectivity index (χ2v) is 11.7. The van der Waals surface area contributed by atoms with Crippen LogP contribution in [-0.4, -0.2) is 59.8 Å². The standard InChI is InChI=1S/C28H24ClF2N7O4S/c1-37(2)13-16-4-6-18(7-5-16)35-27(39)26-22-12-32-21(14-38(22)15-34-26)24-19(30)8-9-20(25(24)31)36-43(40,41)23-10-17(29)11-33-28(23)42-3/h4-12,14-15,36H,13H2,1-3H3,(H,35,39). The molecule has 0 aliphatic heterocycles. The van der Waals surface area contributed by atoms with Crippen LogP contribution in [0.2, 0.25) is 5.02 Å². The van der Waals surface area contributed by atoms with Gasteiger partial charge in [0.15, 0.2) is 16.4 Å². The quantitative estimate of drug-likeness (QED) is 0.237. The molecule has 11 nitrogen and oxygen atoms in total. The first-order valence-corrected chi connectivity index (χ1v) is 14.4. The summed E-state index contributed by atoms with van der Waals surface area (Å²) in [5.74, 6) is -2.99. The van der Waals surface area contributed by atoms with Crippen LogP contribution in [-0.2, 0) is 16.6 Å². The van der Waals surface area contributed by atoms with Gasteiger partial charge in [0.25, 0.3) is 15.9 Å². The van der Waals surface area contributed by atoms with E-state index in [1.165, 1.54) is 36.4 Å². The fraction of sp³-hybridized carbons (Fsp3) is 0.143. The fourth-order valence-electron chi connectivity index (χ4n) is 4.27. The van der Waals surface area contributed by atoms with Crippen molar-refractivity contribution >= 4 is 44.4 Å². The molecule has 0 aliphatic carbocycles. The number of halogens is 3. The number of sulfonamides is 1. The third-order valence-corrected chi connectivity index (χ3v) is 7.77. The van der Waals surface area contributed by atoms with Crippen molar-refractivity contribution in [3.05, 3.63) is 95.3 Å². The van der Waals surface area contributed by atoms with Crippen molar-refractivity contribution in [3.63, 3.8) is 0 Å². The minimum Gasteiger partial charge on any atom is -0.480 e. The number of anilines is 2. The number of benzene rings is 2. The SMILES string of the molecule is COc1ncc(Cl)cc1S(=O)(=O)Nc1ccc(F)c(-c2cn3cnc(C(=O)Nc4ccc(CN(C)C)cc4)c3cn2)c1F. The maximum Gasteiger partial charge on any atom is 0.276 e. The van der Waals surface area contributed by atoms with Crippen LogP contribution in [0.3, 0.4) is 0 Å². The molecule has 222 valence electrons. The smallest absolute Gasteiger partial charge is 0.276 e. The molecule has 1 amide bonds. The van der Waals surface area contributed by atoms with Crippen molar-refractivity contribution in [2.24, 2.45) is 0 Å². The maximum absolute atomic E-state index is 15.6. The molecular formula is C28H24ClF2N7O4S. The Morgan fingerprint density at radius 1 is 1.07 bits per heavy atom. The summed E-state index contributed by atoms with van der Waals surface area (Å²) in [7, 11) is 0.669. The minimum absolute atomic E-state index is 0.00485.